The van der Waals surface area contributed by atoms with Crippen molar-refractivity contribution in [3.05, 3.63) is 42.5 Å². The molecule has 3 rings (SSSR count). The number of aliphatic carboxylic acids is 1. The highest BCUT2D eigenvalue weighted by molar-refractivity contribution is 5.91. The number of carbonyl (C=O) groups is 2. The van der Waals surface area contributed by atoms with Crippen molar-refractivity contribution in [1.29, 1.82) is 0 Å². The predicted molar refractivity (Wildman–Crippen MR) is 73.4 cm³/mol. The average molecular weight is 270 g/mol. The summed E-state index contributed by atoms with van der Waals surface area (Å²) < 4.78 is 5.43. The predicted octanol–water partition coefficient (Wildman–Crippen LogP) is 2.86. The fourth-order valence-corrected chi connectivity index (χ4v) is 2.49. The highest BCUT2D eigenvalue weighted by Gasteiger charge is 2.40. The van der Waals surface area contributed by atoms with Crippen molar-refractivity contribution in [2.45, 2.75) is 12.8 Å². The fourth-order valence-electron chi connectivity index (χ4n) is 2.49. The van der Waals surface area contributed by atoms with E-state index in [1.54, 1.807) is 6.07 Å². The van der Waals surface area contributed by atoms with E-state index in [2.05, 4.69) is 0 Å². The minimum atomic E-state index is -0.834. The first-order valence-corrected chi connectivity index (χ1v) is 6.57. The van der Waals surface area contributed by atoms with E-state index < -0.39 is 11.9 Å². The number of benzene rings is 2. The molecular weight excluding hydrogens is 256 g/mol. The third-order valence-electron chi connectivity index (χ3n) is 3.78. The van der Waals surface area contributed by atoms with Gasteiger partial charge in [0.15, 0.2) is 0 Å². The number of hydrogen-bond donors (Lipinski definition) is 1. The second kappa shape index (κ2) is 4.96. The molecule has 0 atom stereocenters. The molecule has 0 spiro atoms. The van der Waals surface area contributed by atoms with Crippen LogP contribution in [0.1, 0.15) is 12.8 Å². The Morgan fingerprint density at radius 3 is 2.45 bits per heavy atom. The van der Waals surface area contributed by atoms with E-state index in [1.807, 2.05) is 36.4 Å². The first-order chi connectivity index (χ1) is 9.65. The summed E-state index contributed by atoms with van der Waals surface area (Å²) in [6.45, 7) is 0. The van der Waals surface area contributed by atoms with Crippen molar-refractivity contribution < 1.29 is 19.4 Å². The fraction of sp³-hybridized carbons (Fsp3) is 0.250. The lowest BCUT2D eigenvalue weighted by Gasteiger charge is -2.30. The summed E-state index contributed by atoms with van der Waals surface area (Å²) in [5.41, 5.74) is 0. The van der Waals surface area contributed by atoms with Crippen LogP contribution in [0.3, 0.4) is 0 Å². The van der Waals surface area contributed by atoms with Crippen LogP contribution in [0.25, 0.3) is 10.8 Å². The first-order valence-electron chi connectivity index (χ1n) is 6.57. The summed E-state index contributed by atoms with van der Waals surface area (Å²) in [6.07, 6.45) is 0.748. The zero-order valence-electron chi connectivity index (χ0n) is 10.8. The minimum absolute atomic E-state index is 0.296. The molecule has 1 aliphatic rings. The Balaban J connectivity index is 1.74. The van der Waals surface area contributed by atoms with Gasteiger partial charge >= 0.3 is 11.9 Å². The minimum Gasteiger partial charge on any atom is -0.481 e. The van der Waals surface area contributed by atoms with Gasteiger partial charge in [-0.2, -0.15) is 0 Å². The Bertz CT molecular complexity index is 666. The van der Waals surface area contributed by atoms with Crippen molar-refractivity contribution in [2.75, 3.05) is 0 Å². The molecule has 0 aromatic heterocycles. The van der Waals surface area contributed by atoms with Crippen molar-refractivity contribution >= 4 is 22.7 Å². The van der Waals surface area contributed by atoms with E-state index in [4.69, 9.17) is 9.84 Å². The van der Waals surface area contributed by atoms with Crippen LogP contribution >= 0.6 is 0 Å². The highest BCUT2D eigenvalue weighted by atomic mass is 16.5. The molecule has 0 aliphatic heterocycles. The molecule has 1 aliphatic carbocycles. The summed E-state index contributed by atoms with van der Waals surface area (Å²) >= 11 is 0. The second-order valence-corrected chi connectivity index (χ2v) is 5.10. The maximum Gasteiger partial charge on any atom is 0.314 e. The lowest BCUT2D eigenvalue weighted by Crippen LogP contribution is -2.37. The van der Waals surface area contributed by atoms with Crippen molar-refractivity contribution in [3.63, 3.8) is 0 Å². The standard InChI is InChI=1S/C16H14O4/c17-15(18)11-8-12(9-11)16(19)20-14-7-3-5-10-4-1-2-6-13(10)14/h1-7,11-12H,8-9H2,(H,17,18)/t11-,12+. The molecule has 0 heterocycles. The van der Waals surface area contributed by atoms with Crippen LogP contribution in [0.15, 0.2) is 42.5 Å². The Morgan fingerprint density at radius 2 is 1.70 bits per heavy atom. The number of hydrogen-bond acceptors (Lipinski definition) is 3. The monoisotopic (exact) mass is 270 g/mol. The molecule has 102 valence electrons. The number of carboxylic acid groups (broad SMARTS) is 1. The molecule has 4 nitrogen and oxygen atoms in total. The SMILES string of the molecule is O=C(O)[C@H]1C[C@@H](C(=O)Oc2cccc3ccccc23)C1. The molecule has 1 N–H and O–H groups in total. The van der Waals surface area contributed by atoms with E-state index in [0.717, 1.165) is 10.8 Å². The van der Waals surface area contributed by atoms with Crippen LogP contribution in [0, 0.1) is 11.8 Å². The van der Waals surface area contributed by atoms with Gasteiger partial charge in [0, 0.05) is 5.39 Å². The van der Waals surface area contributed by atoms with Crippen molar-refractivity contribution in [1.82, 2.24) is 0 Å². The molecule has 20 heavy (non-hydrogen) atoms. The zero-order valence-corrected chi connectivity index (χ0v) is 10.8. The van der Waals surface area contributed by atoms with E-state index in [-0.39, 0.29) is 11.9 Å². The largest absolute Gasteiger partial charge is 0.481 e. The van der Waals surface area contributed by atoms with Crippen molar-refractivity contribution in [2.24, 2.45) is 11.8 Å². The van der Waals surface area contributed by atoms with Crippen LogP contribution in [0.2, 0.25) is 0 Å². The summed E-state index contributed by atoms with van der Waals surface area (Å²) in [5.74, 6) is -1.33. The molecule has 2 aromatic rings. The Hall–Kier alpha value is -2.36. The number of rotatable bonds is 3. The summed E-state index contributed by atoms with van der Waals surface area (Å²) in [7, 11) is 0. The molecule has 0 unspecified atom stereocenters. The molecular formula is C16H14O4. The van der Waals surface area contributed by atoms with Crippen LogP contribution in [0.5, 0.6) is 5.75 Å². The molecule has 1 fully saturated rings. The van der Waals surface area contributed by atoms with Crippen LogP contribution in [-0.2, 0) is 9.59 Å². The van der Waals surface area contributed by atoms with Gasteiger partial charge in [-0.15, -0.1) is 0 Å². The third-order valence-corrected chi connectivity index (χ3v) is 3.78. The molecule has 1 saturated carbocycles. The van der Waals surface area contributed by atoms with E-state index in [1.165, 1.54) is 0 Å². The Morgan fingerprint density at radius 1 is 1.00 bits per heavy atom. The molecule has 0 saturated heterocycles. The van der Waals surface area contributed by atoms with E-state index in [0.29, 0.717) is 18.6 Å². The third kappa shape index (κ3) is 2.25. The maximum absolute atomic E-state index is 12.0. The molecule has 0 radical (unpaired) electrons. The van der Waals surface area contributed by atoms with Gasteiger partial charge in [-0.25, -0.2) is 0 Å². The number of carbonyl (C=O) groups excluding carboxylic acids is 1. The molecule has 0 bridgehead atoms. The van der Waals surface area contributed by atoms with Gasteiger partial charge in [-0.3, -0.25) is 9.59 Å². The van der Waals surface area contributed by atoms with Gasteiger partial charge in [0.25, 0.3) is 0 Å². The van der Waals surface area contributed by atoms with Gasteiger partial charge in [0.2, 0.25) is 0 Å². The Kier molecular flexibility index (Phi) is 3.14. The Labute approximate surface area is 116 Å². The smallest absolute Gasteiger partial charge is 0.314 e. The first kappa shape index (κ1) is 12.7. The van der Waals surface area contributed by atoms with Gasteiger partial charge in [-0.1, -0.05) is 36.4 Å². The van der Waals surface area contributed by atoms with Gasteiger partial charge < -0.3 is 9.84 Å². The van der Waals surface area contributed by atoms with E-state index >= 15 is 0 Å². The topological polar surface area (TPSA) is 63.6 Å². The number of carboxylic acids is 1. The molecule has 4 heteroatoms. The van der Waals surface area contributed by atoms with Gasteiger partial charge in [-0.05, 0) is 24.3 Å². The van der Waals surface area contributed by atoms with Crippen LogP contribution in [0.4, 0.5) is 0 Å². The number of fused-ring (bicyclic) bond motifs is 1. The lowest BCUT2D eigenvalue weighted by molar-refractivity contribution is -0.152. The van der Waals surface area contributed by atoms with Gasteiger partial charge in [0.1, 0.15) is 5.75 Å². The van der Waals surface area contributed by atoms with Crippen LogP contribution in [-0.4, -0.2) is 17.0 Å². The average Bonchev–Trinajstić information content (AvgIpc) is 2.37. The summed E-state index contributed by atoms with van der Waals surface area (Å²) in [4.78, 5) is 22.7. The normalized spacial score (nSPS) is 21.2. The number of ether oxygens (including phenoxy) is 1. The maximum atomic E-state index is 12.0. The summed E-state index contributed by atoms with van der Waals surface area (Å²) in [6, 6.07) is 13.2. The zero-order chi connectivity index (χ0) is 14.1. The van der Waals surface area contributed by atoms with Crippen molar-refractivity contribution in [3.8, 4) is 5.75 Å². The number of esters is 1. The second-order valence-electron chi connectivity index (χ2n) is 5.10. The summed E-state index contributed by atoms with van der Waals surface area (Å²) in [5, 5.41) is 10.7. The van der Waals surface area contributed by atoms with Crippen LogP contribution < -0.4 is 4.74 Å². The quantitative estimate of drug-likeness (QED) is 0.688. The van der Waals surface area contributed by atoms with Gasteiger partial charge in [0.05, 0.1) is 11.8 Å². The molecule has 2 aromatic carbocycles. The lowest BCUT2D eigenvalue weighted by atomic mass is 9.75. The van der Waals surface area contributed by atoms with E-state index in [9.17, 15) is 9.59 Å². The highest BCUT2D eigenvalue weighted by Crippen LogP contribution is 2.35. The molecule has 0 amide bonds.